The fourth-order valence-electron chi connectivity index (χ4n) is 2.85. The smallest absolute Gasteiger partial charge is 0.349 e. The molecule has 0 bridgehead atoms. The van der Waals surface area contributed by atoms with Gasteiger partial charge in [0, 0.05) is 6.54 Å². The predicted molar refractivity (Wildman–Crippen MR) is 75.8 cm³/mol. The SMILES string of the molecule is O=C(NCC1(Cc2ccc(F)c(F)c2)CCC1)c1noc(=O)[nH]1. The van der Waals surface area contributed by atoms with Crippen LogP contribution in [0.3, 0.4) is 0 Å². The van der Waals surface area contributed by atoms with Crippen molar-refractivity contribution < 1.29 is 18.1 Å². The van der Waals surface area contributed by atoms with Gasteiger partial charge in [-0.25, -0.2) is 13.6 Å². The number of rotatable bonds is 5. The van der Waals surface area contributed by atoms with Crippen LogP contribution in [0.1, 0.15) is 35.4 Å². The molecule has 6 nitrogen and oxygen atoms in total. The number of benzene rings is 1. The lowest BCUT2D eigenvalue weighted by molar-refractivity contribution is 0.0847. The van der Waals surface area contributed by atoms with E-state index in [0.717, 1.165) is 25.3 Å². The number of H-pyrrole nitrogens is 1. The molecule has 122 valence electrons. The summed E-state index contributed by atoms with van der Waals surface area (Å²) in [6.07, 6.45) is 3.31. The maximum atomic E-state index is 13.3. The molecule has 1 aliphatic carbocycles. The van der Waals surface area contributed by atoms with Crippen molar-refractivity contribution in [2.24, 2.45) is 5.41 Å². The lowest BCUT2D eigenvalue weighted by Gasteiger charge is -2.42. The van der Waals surface area contributed by atoms with Gasteiger partial charge in [-0.1, -0.05) is 12.5 Å². The zero-order valence-corrected chi connectivity index (χ0v) is 12.2. The summed E-state index contributed by atoms with van der Waals surface area (Å²) in [6, 6.07) is 3.84. The molecule has 1 fully saturated rings. The zero-order chi connectivity index (χ0) is 16.4. The van der Waals surface area contributed by atoms with E-state index in [4.69, 9.17) is 0 Å². The number of nitrogens with zero attached hydrogens (tertiary/aromatic N) is 1. The first-order chi connectivity index (χ1) is 11.0. The third kappa shape index (κ3) is 3.30. The van der Waals surface area contributed by atoms with E-state index in [-0.39, 0.29) is 11.2 Å². The molecule has 2 N–H and O–H groups in total. The molecule has 8 heteroatoms. The monoisotopic (exact) mass is 323 g/mol. The second kappa shape index (κ2) is 5.94. The van der Waals surface area contributed by atoms with Crippen LogP contribution >= 0.6 is 0 Å². The highest BCUT2D eigenvalue weighted by atomic mass is 19.2. The molecule has 0 spiro atoms. The molecule has 1 saturated carbocycles. The Bertz CT molecular complexity index is 780. The van der Waals surface area contributed by atoms with Crippen molar-refractivity contribution in [1.82, 2.24) is 15.5 Å². The van der Waals surface area contributed by atoms with E-state index < -0.39 is 23.3 Å². The quantitative estimate of drug-likeness (QED) is 0.878. The van der Waals surface area contributed by atoms with Gasteiger partial charge in [0.05, 0.1) is 0 Å². The molecule has 0 aliphatic heterocycles. The Balaban J connectivity index is 1.65. The highest BCUT2D eigenvalue weighted by molar-refractivity contribution is 5.90. The predicted octanol–water partition coefficient (Wildman–Crippen LogP) is 1.78. The standard InChI is InChI=1S/C15H15F2N3O3/c16-10-3-2-9(6-11(10)17)7-15(4-1-5-15)8-18-13(21)12-19-14(22)23-20-12/h2-3,6H,1,4-5,7-8H2,(H,18,21)(H,19,20,22). The van der Waals surface area contributed by atoms with Gasteiger partial charge in [-0.15, -0.1) is 0 Å². The van der Waals surface area contributed by atoms with E-state index in [1.807, 2.05) is 0 Å². The van der Waals surface area contributed by atoms with Crippen molar-refractivity contribution in [2.75, 3.05) is 6.54 Å². The molecule has 0 unspecified atom stereocenters. The molecule has 0 atom stereocenters. The zero-order valence-electron chi connectivity index (χ0n) is 12.2. The number of hydrogen-bond donors (Lipinski definition) is 2. The van der Waals surface area contributed by atoms with Crippen molar-refractivity contribution >= 4 is 5.91 Å². The van der Waals surface area contributed by atoms with Crippen molar-refractivity contribution in [1.29, 1.82) is 0 Å². The molecule has 3 rings (SSSR count). The third-order valence-electron chi connectivity index (χ3n) is 4.26. The molecule has 1 amide bonds. The van der Waals surface area contributed by atoms with Crippen LogP contribution in [0.25, 0.3) is 0 Å². The number of aromatic nitrogens is 2. The molecule has 2 aromatic rings. The van der Waals surface area contributed by atoms with Gasteiger partial charge in [0.25, 0.3) is 5.91 Å². The summed E-state index contributed by atoms with van der Waals surface area (Å²) in [6.45, 7) is 0.361. The minimum absolute atomic E-state index is 0.183. The van der Waals surface area contributed by atoms with Gasteiger partial charge in [-0.05, 0) is 47.5 Å². The Hall–Kier alpha value is -2.51. The Morgan fingerprint density at radius 1 is 1.35 bits per heavy atom. The first-order valence-electron chi connectivity index (χ1n) is 7.26. The van der Waals surface area contributed by atoms with E-state index in [9.17, 15) is 18.4 Å². The second-order valence-corrected chi connectivity index (χ2v) is 5.91. The number of hydrogen-bond acceptors (Lipinski definition) is 4. The van der Waals surface area contributed by atoms with Crippen LogP contribution in [0.15, 0.2) is 27.5 Å². The summed E-state index contributed by atoms with van der Waals surface area (Å²) < 4.78 is 30.6. The summed E-state index contributed by atoms with van der Waals surface area (Å²) in [5, 5.41) is 6.02. The first kappa shape index (κ1) is 15.4. The lowest BCUT2D eigenvalue weighted by atomic mass is 9.65. The van der Waals surface area contributed by atoms with Crippen LogP contribution in [-0.2, 0) is 6.42 Å². The normalized spacial score (nSPS) is 15.9. The molecule has 1 heterocycles. The molecule has 1 aromatic heterocycles. The van der Waals surface area contributed by atoms with Gasteiger partial charge in [-0.3, -0.25) is 14.3 Å². The van der Waals surface area contributed by atoms with Gasteiger partial charge in [0.15, 0.2) is 11.6 Å². The van der Waals surface area contributed by atoms with Crippen LogP contribution < -0.4 is 11.1 Å². The average Bonchev–Trinajstić information content (AvgIpc) is 2.92. The molecule has 0 saturated heterocycles. The van der Waals surface area contributed by atoms with Gasteiger partial charge in [0.2, 0.25) is 5.82 Å². The van der Waals surface area contributed by atoms with Crippen molar-refractivity contribution in [2.45, 2.75) is 25.7 Å². The minimum atomic E-state index is -0.875. The number of nitrogens with one attached hydrogen (secondary N) is 2. The Kier molecular flexibility index (Phi) is 3.97. The maximum absolute atomic E-state index is 13.3. The Morgan fingerprint density at radius 3 is 2.70 bits per heavy atom. The fraction of sp³-hybridized carbons (Fsp3) is 0.400. The molecular weight excluding hydrogens is 308 g/mol. The second-order valence-electron chi connectivity index (χ2n) is 5.91. The van der Waals surface area contributed by atoms with E-state index in [2.05, 4.69) is 20.0 Å². The van der Waals surface area contributed by atoms with Crippen LogP contribution in [0.2, 0.25) is 0 Å². The summed E-state index contributed by atoms with van der Waals surface area (Å²) in [5.41, 5.74) is 0.497. The molecular formula is C15H15F2N3O3. The summed E-state index contributed by atoms with van der Waals surface area (Å²) in [7, 11) is 0. The van der Waals surface area contributed by atoms with Gasteiger partial charge >= 0.3 is 5.76 Å². The summed E-state index contributed by atoms with van der Waals surface area (Å²) >= 11 is 0. The van der Waals surface area contributed by atoms with E-state index in [0.29, 0.717) is 18.5 Å². The number of halogens is 2. The Morgan fingerprint density at radius 2 is 2.13 bits per heavy atom. The lowest BCUT2D eigenvalue weighted by Crippen LogP contribution is -2.44. The molecule has 1 aliphatic rings. The van der Waals surface area contributed by atoms with Crippen LogP contribution in [0, 0.1) is 17.0 Å². The summed E-state index contributed by atoms with van der Waals surface area (Å²) in [4.78, 5) is 24.9. The van der Waals surface area contributed by atoms with Gasteiger partial charge in [0.1, 0.15) is 0 Å². The number of carbonyl (C=O) groups excluding carboxylic acids is 1. The Labute approximate surface area is 129 Å². The van der Waals surface area contributed by atoms with Crippen molar-refractivity contribution in [3.63, 3.8) is 0 Å². The highest BCUT2D eigenvalue weighted by Gasteiger charge is 2.37. The van der Waals surface area contributed by atoms with E-state index in [1.165, 1.54) is 6.07 Å². The highest BCUT2D eigenvalue weighted by Crippen LogP contribution is 2.43. The molecule has 23 heavy (non-hydrogen) atoms. The fourth-order valence-corrected chi connectivity index (χ4v) is 2.85. The van der Waals surface area contributed by atoms with Gasteiger partial charge < -0.3 is 5.32 Å². The van der Waals surface area contributed by atoms with Crippen molar-refractivity contribution in [3.05, 3.63) is 51.8 Å². The number of amides is 1. The largest absolute Gasteiger partial charge is 0.439 e. The van der Waals surface area contributed by atoms with Crippen LogP contribution in [0.4, 0.5) is 8.78 Å². The van der Waals surface area contributed by atoms with Crippen LogP contribution in [0.5, 0.6) is 0 Å². The minimum Gasteiger partial charge on any atom is -0.349 e. The first-order valence-corrected chi connectivity index (χ1v) is 7.26. The maximum Gasteiger partial charge on any atom is 0.439 e. The molecule has 0 radical (unpaired) electrons. The third-order valence-corrected chi connectivity index (χ3v) is 4.26. The topological polar surface area (TPSA) is 88.0 Å². The number of carbonyl (C=O) groups is 1. The van der Waals surface area contributed by atoms with Gasteiger partial charge in [-0.2, -0.15) is 0 Å². The van der Waals surface area contributed by atoms with E-state index in [1.54, 1.807) is 6.07 Å². The summed E-state index contributed by atoms with van der Waals surface area (Å²) in [5.74, 6) is -3.26. The van der Waals surface area contributed by atoms with Crippen molar-refractivity contribution in [3.8, 4) is 0 Å². The average molecular weight is 323 g/mol. The number of aromatic amines is 1. The van der Waals surface area contributed by atoms with Crippen LogP contribution in [-0.4, -0.2) is 22.6 Å². The molecule has 1 aromatic carbocycles. The van der Waals surface area contributed by atoms with E-state index >= 15 is 0 Å².